The minimum Gasteiger partial charge on any atom is -0.573 e. The molecule has 3 heterocycles. The second-order valence-electron chi connectivity index (χ2n) is 7.59. The SMILES string of the molecule is O=C(O)Cn1ccnc1CN(CC(=O)N1CCCC1B(O)O)Cc1nccn1CC(=O)O.[C-]=O.[C-]=O.[C-]=O.[Re]. The maximum Gasteiger partial charge on any atom is 0.475 e. The van der Waals surface area contributed by atoms with Crippen LogP contribution in [-0.2, 0) is 75.4 Å². The molecule has 1 aliphatic heterocycles. The van der Waals surface area contributed by atoms with Gasteiger partial charge in [-0.15, -0.1) is 0 Å². The van der Waals surface area contributed by atoms with E-state index >= 15 is 0 Å². The number of carboxylic acids is 2. The molecule has 39 heavy (non-hydrogen) atoms. The third-order valence-corrected chi connectivity index (χ3v) is 5.27. The smallest absolute Gasteiger partial charge is 0.475 e. The number of aromatic nitrogens is 4. The van der Waals surface area contributed by atoms with Gasteiger partial charge in [0.25, 0.3) is 0 Å². The molecule has 1 aliphatic rings. The zero-order chi connectivity index (χ0) is 29.3. The Morgan fingerprint density at radius 1 is 0.897 bits per heavy atom. The predicted molar refractivity (Wildman–Crippen MR) is 126 cm³/mol. The molecular formula is C21H25BN6O10Re-3. The number of likely N-dealkylation sites (tertiary alicyclic amines) is 1. The van der Waals surface area contributed by atoms with Gasteiger partial charge >= 0.3 is 19.1 Å². The van der Waals surface area contributed by atoms with Gasteiger partial charge in [0.15, 0.2) is 0 Å². The Bertz CT molecular complexity index is 962. The molecule has 16 nitrogen and oxygen atoms in total. The number of hydrogen-bond donors (Lipinski definition) is 4. The number of imidazole rings is 2. The van der Waals surface area contributed by atoms with Crippen LogP contribution in [-0.4, -0.2) is 114 Å². The molecule has 212 valence electrons. The average Bonchev–Trinajstić information content (AvgIpc) is 3.65. The van der Waals surface area contributed by atoms with Gasteiger partial charge in [-0.25, -0.2) is 9.97 Å². The average molecular weight is 718 g/mol. The number of carboxylic acid groups (broad SMARTS) is 2. The Morgan fingerprint density at radius 3 is 1.72 bits per heavy atom. The molecule has 4 N–H and O–H groups in total. The van der Waals surface area contributed by atoms with Crippen molar-refractivity contribution in [1.82, 2.24) is 28.9 Å². The second kappa shape index (κ2) is 20.4. The van der Waals surface area contributed by atoms with Crippen LogP contribution >= 0.6 is 0 Å². The topological polar surface area (TPSA) is 225 Å². The maximum atomic E-state index is 13.0. The molecule has 1 fully saturated rings. The summed E-state index contributed by atoms with van der Waals surface area (Å²) in [6, 6.07) is 0. The Morgan fingerprint density at radius 2 is 1.33 bits per heavy atom. The largest absolute Gasteiger partial charge is 0.573 e. The van der Waals surface area contributed by atoms with Crippen molar-refractivity contribution in [3.63, 3.8) is 0 Å². The van der Waals surface area contributed by atoms with Gasteiger partial charge in [0.05, 0.1) is 25.6 Å². The van der Waals surface area contributed by atoms with Crippen molar-refractivity contribution in [1.29, 1.82) is 0 Å². The fourth-order valence-electron chi connectivity index (χ4n) is 3.82. The van der Waals surface area contributed by atoms with E-state index in [0.717, 1.165) is 0 Å². The van der Waals surface area contributed by atoms with Gasteiger partial charge in [-0.2, -0.15) is 0 Å². The van der Waals surface area contributed by atoms with Gasteiger partial charge in [0, 0.05) is 51.8 Å². The summed E-state index contributed by atoms with van der Waals surface area (Å²) in [6.07, 6.45) is 7.10. The number of amides is 1. The Kier molecular flexibility index (Phi) is 19.7. The summed E-state index contributed by atoms with van der Waals surface area (Å²) in [4.78, 5) is 69.2. The summed E-state index contributed by atoms with van der Waals surface area (Å²) >= 11 is 0. The molecule has 2 aromatic rings. The summed E-state index contributed by atoms with van der Waals surface area (Å²) in [7, 11) is -1.64. The Balaban J connectivity index is 0. The van der Waals surface area contributed by atoms with Crippen LogP contribution in [0.1, 0.15) is 24.5 Å². The molecule has 1 atom stereocenters. The van der Waals surface area contributed by atoms with Crippen LogP contribution in [0.25, 0.3) is 0 Å². The van der Waals surface area contributed by atoms with Crippen LogP contribution in [0, 0.1) is 0 Å². The van der Waals surface area contributed by atoms with E-state index in [9.17, 15) is 24.4 Å². The van der Waals surface area contributed by atoms with Crippen molar-refractivity contribution < 1.29 is 69.5 Å². The second-order valence-corrected chi connectivity index (χ2v) is 7.59. The molecule has 1 amide bonds. The van der Waals surface area contributed by atoms with Crippen LogP contribution in [0.3, 0.4) is 0 Å². The summed E-state index contributed by atoms with van der Waals surface area (Å²) in [6.45, 7) is 13.4. The van der Waals surface area contributed by atoms with Crippen LogP contribution < -0.4 is 0 Å². The molecule has 18 heteroatoms. The van der Waals surface area contributed by atoms with Crippen molar-refractivity contribution in [2.45, 2.75) is 45.0 Å². The molecular weight excluding hydrogens is 693 g/mol. The number of hydrogen-bond acceptors (Lipinski definition) is 11. The van der Waals surface area contributed by atoms with Gasteiger partial charge < -0.3 is 69.0 Å². The number of carbonyl (C=O) groups is 3. The van der Waals surface area contributed by atoms with E-state index in [-0.39, 0.29) is 59.1 Å². The first-order valence-electron chi connectivity index (χ1n) is 10.7. The predicted octanol–water partition coefficient (Wildman–Crippen LogP) is -2.94. The van der Waals surface area contributed by atoms with Crippen LogP contribution in [0.4, 0.5) is 0 Å². The van der Waals surface area contributed by atoms with Crippen molar-refractivity contribution in [2.75, 3.05) is 13.1 Å². The van der Waals surface area contributed by atoms with E-state index in [0.29, 0.717) is 31.0 Å². The molecule has 4 radical (unpaired) electrons. The normalized spacial score (nSPS) is 13.4. The first kappa shape index (κ1) is 37.6. The van der Waals surface area contributed by atoms with Crippen molar-refractivity contribution in [3.05, 3.63) is 36.4 Å². The van der Waals surface area contributed by atoms with E-state index in [1.165, 1.54) is 38.8 Å². The monoisotopic (exact) mass is 719 g/mol. The van der Waals surface area contributed by atoms with Crippen LogP contribution in [0.15, 0.2) is 24.8 Å². The molecule has 3 rings (SSSR count). The van der Waals surface area contributed by atoms with E-state index in [1.54, 1.807) is 4.90 Å². The zero-order valence-electron chi connectivity index (χ0n) is 20.4. The summed E-state index contributed by atoms with van der Waals surface area (Å²) in [5, 5.41) is 37.3. The first-order valence-corrected chi connectivity index (χ1v) is 10.7. The molecule has 0 bridgehead atoms. The number of nitrogens with zero attached hydrogens (tertiary/aromatic N) is 6. The molecule has 0 spiro atoms. The fourth-order valence-corrected chi connectivity index (χ4v) is 3.82. The maximum absolute atomic E-state index is 13.0. The standard InChI is InChI=1S/C18H25BN6O7.3CO.Re/c26-16(25-5-1-2-13(25)19(31)32)10-22(8-14-20-3-6-23(14)11-17(27)28)9-15-21-4-7-24(15)12-18(29)30;3*1-2;/h3-4,6-7,13,31-32H,1-2,5,8-12H2,(H,27,28)(H,29,30);;;;/q;3*-1;. The number of carbonyl (C=O) groups excluding carboxylic acids is 4. The Labute approximate surface area is 238 Å². The van der Waals surface area contributed by atoms with Crippen molar-refractivity contribution in [3.8, 4) is 0 Å². The van der Waals surface area contributed by atoms with E-state index in [2.05, 4.69) is 30.3 Å². The minimum atomic E-state index is -1.64. The van der Waals surface area contributed by atoms with Gasteiger partial charge in [-0.1, -0.05) is 0 Å². The zero-order valence-corrected chi connectivity index (χ0v) is 23.1. The fraction of sp³-hybridized carbons (Fsp3) is 0.429. The van der Waals surface area contributed by atoms with E-state index in [4.69, 9.17) is 24.6 Å². The van der Waals surface area contributed by atoms with Crippen LogP contribution in [0.2, 0.25) is 0 Å². The van der Waals surface area contributed by atoms with Gasteiger partial charge in [0.2, 0.25) is 5.91 Å². The minimum absolute atomic E-state index is 0. The van der Waals surface area contributed by atoms with Crippen molar-refractivity contribution >= 4 is 45.3 Å². The molecule has 2 aromatic heterocycles. The molecule has 1 unspecified atom stereocenters. The summed E-state index contributed by atoms with van der Waals surface area (Å²) < 4.78 is 2.89. The van der Waals surface area contributed by atoms with Gasteiger partial charge in [-0.05, 0) is 12.8 Å². The summed E-state index contributed by atoms with van der Waals surface area (Å²) in [5.74, 6) is -2.27. The molecule has 0 saturated carbocycles. The van der Waals surface area contributed by atoms with Crippen LogP contribution in [0.5, 0.6) is 0 Å². The Hall–Kier alpha value is -3.55. The molecule has 0 aliphatic carbocycles. The third-order valence-electron chi connectivity index (χ3n) is 5.27. The quantitative estimate of drug-likeness (QED) is 0.135. The molecule has 1 saturated heterocycles. The summed E-state index contributed by atoms with van der Waals surface area (Å²) in [5.41, 5.74) is 0. The van der Waals surface area contributed by atoms with Crippen molar-refractivity contribution in [2.24, 2.45) is 0 Å². The van der Waals surface area contributed by atoms with Gasteiger partial charge in [-0.3, -0.25) is 19.3 Å². The third kappa shape index (κ3) is 12.2. The number of rotatable bonds is 11. The molecule has 0 aromatic carbocycles. The van der Waals surface area contributed by atoms with Gasteiger partial charge in [0.1, 0.15) is 24.7 Å². The van der Waals surface area contributed by atoms with E-state index < -0.39 is 25.0 Å². The van der Waals surface area contributed by atoms with E-state index in [1.807, 2.05) is 0 Å². The number of aliphatic carboxylic acids is 2. The first-order chi connectivity index (χ1) is 18.2.